The van der Waals surface area contributed by atoms with Gasteiger partial charge in [-0.15, -0.1) is 0 Å². The molecule has 130 valence electrons. The second-order valence-electron chi connectivity index (χ2n) is 4.38. The average Bonchev–Trinajstić information content (AvgIpc) is 2.45. The lowest BCUT2D eigenvalue weighted by Gasteiger charge is -2.31. The maximum atomic E-state index is 13.2. The van der Waals surface area contributed by atoms with Crippen molar-refractivity contribution in [3.05, 3.63) is 29.8 Å². The van der Waals surface area contributed by atoms with Gasteiger partial charge < -0.3 is 10.5 Å². The molecule has 0 heterocycles. The second-order valence-corrected chi connectivity index (χ2v) is 4.38. The summed E-state index contributed by atoms with van der Waals surface area (Å²) in [4.78, 5) is 10.7. The first-order valence-corrected chi connectivity index (χ1v) is 5.77. The molecule has 11 heteroatoms. The molecule has 0 unspecified atom stereocenters. The summed E-state index contributed by atoms with van der Waals surface area (Å²) in [5.74, 6) is -19.5. The van der Waals surface area contributed by atoms with Crippen molar-refractivity contribution in [2.24, 2.45) is 5.73 Å². The van der Waals surface area contributed by atoms with Gasteiger partial charge in [0, 0.05) is 5.56 Å². The van der Waals surface area contributed by atoms with Crippen LogP contribution in [0.4, 0.5) is 35.1 Å². The molecule has 0 bridgehead atoms. The van der Waals surface area contributed by atoms with Crippen molar-refractivity contribution >= 4 is 5.91 Å². The Labute approximate surface area is 124 Å². The quantitative estimate of drug-likeness (QED) is 0.766. The van der Waals surface area contributed by atoms with E-state index >= 15 is 0 Å². The van der Waals surface area contributed by atoms with Crippen LogP contribution >= 0.6 is 0 Å². The Morgan fingerprint density at radius 2 is 1.52 bits per heavy atom. The minimum Gasteiger partial charge on any atom is -0.487 e. The largest absolute Gasteiger partial charge is 0.487 e. The zero-order valence-corrected chi connectivity index (χ0v) is 11.0. The predicted molar refractivity (Wildman–Crippen MR) is 61.3 cm³/mol. The van der Waals surface area contributed by atoms with Gasteiger partial charge in [0.2, 0.25) is 5.91 Å². The van der Waals surface area contributed by atoms with E-state index in [0.29, 0.717) is 0 Å². The molecule has 1 amide bonds. The number of carbonyl (C=O) groups excluding carboxylic acids is 1. The van der Waals surface area contributed by atoms with Crippen LogP contribution in [0.5, 0.6) is 5.75 Å². The number of carbonyl (C=O) groups is 1. The molecule has 0 aliphatic rings. The molecule has 1 aromatic rings. The fraction of sp³-hybridized carbons (Fsp3) is 0.417. The highest BCUT2D eigenvalue weighted by atomic mass is 19.4. The predicted octanol–water partition coefficient (Wildman–Crippen LogP) is 3.34. The van der Waals surface area contributed by atoms with E-state index in [9.17, 15) is 39.9 Å². The molecule has 0 aliphatic heterocycles. The lowest BCUT2D eigenvalue weighted by atomic mass is 10.1. The normalized spacial score (nSPS) is 13.3. The van der Waals surface area contributed by atoms with Crippen LogP contribution in [0.2, 0.25) is 0 Å². The van der Waals surface area contributed by atoms with Crippen molar-refractivity contribution < 1.29 is 44.7 Å². The van der Waals surface area contributed by atoms with Crippen LogP contribution in [0.15, 0.2) is 24.3 Å². The molecule has 3 nitrogen and oxygen atoms in total. The fourth-order valence-corrected chi connectivity index (χ4v) is 1.36. The molecule has 1 rings (SSSR count). The van der Waals surface area contributed by atoms with Crippen molar-refractivity contribution in [3.8, 4) is 5.75 Å². The molecule has 0 radical (unpaired) electrons. The Hall–Kier alpha value is -2.07. The lowest BCUT2D eigenvalue weighted by Crippen LogP contribution is -2.59. The zero-order valence-electron chi connectivity index (χ0n) is 11.0. The summed E-state index contributed by atoms with van der Waals surface area (Å²) in [6.45, 7) is -2.28. The summed E-state index contributed by atoms with van der Waals surface area (Å²) in [5.41, 5.74) is 4.83. The van der Waals surface area contributed by atoms with E-state index in [2.05, 4.69) is 4.74 Å². The number of ether oxygens (including phenoxy) is 1. The standard InChI is InChI=1S/C12H9F8NO2/c13-9(14)11(17,18)12(19,20)10(15,16)5-23-7-3-1-6(2-4-7)8(21)22/h1-4,9H,5H2,(H2,21,22). The number of nitrogens with two attached hydrogens (primary N) is 1. The van der Waals surface area contributed by atoms with Crippen molar-refractivity contribution in [3.63, 3.8) is 0 Å². The summed E-state index contributed by atoms with van der Waals surface area (Å²) in [6.07, 6.45) is -4.99. The van der Waals surface area contributed by atoms with Crippen molar-refractivity contribution in [1.82, 2.24) is 0 Å². The number of rotatable bonds is 7. The summed E-state index contributed by atoms with van der Waals surface area (Å²) < 4.78 is 105. The zero-order chi connectivity index (χ0) is 18.1. The van der Waals surface area contributed by atoms with Crippen LogP contribution in [-0.2, 0) is 0 Å². The Kier molecular flexibility index (Phi) is 5.12. The number of halogens is 8. The third kappa shape index (κ3) is 3.64. The Bertz CT molecular complexity index is 559. The molecule has 0 saturated carbocycles. The third-order valence-electron chi connectivity index (χ3n) is 2.71. The van der Waals surface area contributed by atoms with E-state index in [-0.39, 0.29) is 5.56 Å². The SMILES string of the molecule is NC(=O)c1ccc(OCC(F)(F)C(F)(F)C(F)(F)C(F)F)cc1. The molecule has 0 aliphatic carbocycles. The maximum Gasteiger partial charge on any atom is 0.381 e. The van der Waals surface area contributed by atoms with Gasteiger partial charge in [0.15, 0.2) is 6.61 Å². The average molecular weight is 351 g/mol. The van der Waals surface area contributed by atoms with Gasteiger partial charge in [0.25, 0.3) is 0 Å². The second kappa shape index (κ2) is 6.20. The molecule has 0 atom stereocenters. The molecule has 2 N–H and O–H groups in total. The number of hydrogen-bond acceptors (Lipinski definition) is 2. The van der Waals surface area contributed by atoms with Crippen LogP contribution in [0.3, 0.4) is 0 Å². The third-order valence-corrected chi connectivity index (χ3v) is 2.71. The fourth-order valence-electron chi connectivity index (χ4n) is 1.36. The highest BCUT2D eigenvalue weighted by Gasteiger charge is 2.75. The minimum atomic E-state index is -6.33. The molecule has 0 fully saturated rings. The summed E-state index contributed by atoms with van der Waals surface area (Å²) in [5, 5.41) is 0. The Balaban J connectivity index is 2.88. The van der Waals surface area contributed by atoms with Gasteiger partial charge in [-0.25, -0.2) is 8.78 Å². The summed E-state index contributed by atoms with van der Waals surface area (Å²) in [7, 11) is 0. The van der Waals surface area contributed by atoms with E-state index in [1.165, 1.54) is 0 Å². The summed E-state index contributed by atoms with van der Waals surface area (Å²) in [6, 6.07) is 3.78. The Morgan fingerprint density at radius 3 is 1.91 bits per heavy atom. The van der Waals surface area contributed by atoms with Crippen LogP contribution in [-0.4, -0.2) is 36.7 Å². The molecule has 1 aromatic carbocycles. The van der Waals surface area contributed by atoms with Gasteiger partial charge in [0.1, 0.15) is 5.75 Å². The highest BCUT2D eigenvalue weighted by molar-refractivity contribution is 5.92. The first-order valence-electron chi connectivity index (χ1n) is 5.77. The first-order chi connectivity index (χ1) is 10.3. The number of alkyl halides is 8. The number of amides is 1. The van der Waals surface area contributed by atoms with Gasteiger partial charge in [-0.1, -0.05) is 0 Å². The molecule has 0 spiro atoms. The molecule has 0 aromatic heterocycles. The highest BCUT2D eigenvalue weighted by Crippen LogP contribution is 2.48. The first kappa shape index (κ1) is 19.0. The van der Waals surface area contributed by atoms with Crippen LogP contribution < -0.4 is 10.5 Å². The monoisotopic (exact) mass is 351 g/mol. The van der Waals surface area contributed by atoms with E-state index in [1.54, 1.807) is 0 Å². The van der Waals surface area contributed by atoms with Crippen LogP contribution in [0.1, 0.15) is 10.4 Å². The van der Waals surface area contributed by atoms with Crippen molar-refractivity contribution in [2.45, 2.75) is 24.2 Å². The van der Waals surface area contributed by atoms with E-state index in [1.807, 2.05) is 0 Å². The van der Waals surface area contributed by atoms with Crippen LogP contribution in [0, 0.1) is 0 Å². The summed E-state index contributed by atoms with van der Waals surface area (Å²) >= 11 is 0. The van der Waals surface area contributed by atoms with Gasteiger partial charge in [0.05, 0.1) is 0 Å². The van der Waals surface area contributed by atoms with E-state index in [4.69, 9.17) is 5.73 Å². The van der Waals surface area contributed by atoms with Crippen LogP contribution in [0.25, 0.3) is 0 Å². The van der Waals surface area contributed by atoms with Crippen molar-refractivity contribution in [2.75, 3.05) is 6.61 Å². The lowest BCUT2D eigenvalue weighted by molar-refractivity contribution is -0.342. The maximum absolute atomic E-state index is 13.2. The van der Waals surface area contributed by atoms with Gasteiger partial charge in [-0.05, 0) is 24.3 Å². The van der Waals surface area contributed by atoms with Gasteiger partial charge in [-0.2, -0.15) is 26.3 Å². The number of benzene rings is 1. The molecular formula is C12H9F8NO2. The minimum absolute atomic E-state index is 0.0568. The van der Waals surface area contributed by atoms with Gasteiger partial charge >= 0.3 is 24.2 Å². The number of primary amides is 1. The van der Waals surface area contributed by atoms with E-state index in [0.717, 1.165) is 24.3 Å². The smallest absolute Gasteiger partial charge is 0.381 e. The number of hydrogen-bond donors (Lipinski definition) is 1. The van der Waals surface area contributed by atoms with Gasteiger partial charge in [-0.3, -0.25) is 4.79 Å². The van der Waals surface area contributed by atoms with E-state index < -0.39 is 42.5 Å². The van der Waals surface area contributed by atoms with Crippen molar-refractivity contribution in [1.29, 1.82) is 0 Å². The molecule has 0 saturated heterocycles. The molecular weight excluding hydrogens is 342 g/mol. The topological polar surface area (TPSA) is 52.3 Å². The Morgan fingerprint density at radius 1 is 1.04 bits per heavy atom. The molecule has 23 heavy (non-hydrogen) atoms.